The van der Waals surface area contributed by atoms with E-state index in [0.717, 1.165) is 0 Å². The maximum absolute atomic E-state index is 3.75. The van der Waals surface area contributed by atoms with Gasteiger partial charge in [-0.15, -0.1) is 6.58 Å². The first-order valence-corrected chi connectivity index (χ1v) is 4.05. The van der Waals surface area contributed by atoms with Gasteiger partial charge in [-0.3, -0.25) is 0 Å². The van der Waals surface area contributed by atoms with Crippen LogP contribution in [0.1, 0.15) is 27.7 Å². The second-order valence-corrected chi connectivity index (χ2v) is 2.95. The molecule has 0 aromatic rings. The molecule has 0 amide bonds. The smallest absolute Gasteiger partial charge is 0.00539 e. The van der Waals surface area contributed by atoms with Gasteiger partial charge in [0.25, 0.3) is 0 Å². The fraction of sp³-hybridized carbons (Fsp3) is 0.455. The lowest BCUT2D eigenvalue weighted by Gasteiger charge is -2.05. The number of hydrogen-bond acceptors (Lipinski definition) is 0. The van der Waals surface area contributed by atoms with Crippen molar-refractivity contribution in [3.63, 3.8) is 0 Å². The molecule has 0 aliphatic carbocycles. The van der Waals surface area contributed by atoms with Crippen molar-refractivity contribution < 1.29 is 0 Å². The Balaban J connectivity index is 4.32. The third-order valence-electron chi connectivity index (χ3n) is 1.98. The van der Waals surface area contributed by atoms with E-state index in [1.807, 2.05) is 6.08 Å². The van der Waals surface area contributed by atoms with Gasteiger partial charge in [0.15, 0.2) is 0 Å². The zero-order chi connectivity index (χ0) is 8.85. The van der Waals surface area contributed by atoms with Crippen molar-refractivity contribution >= 4 is 0 Å². The van der Waals surface area contributed by atoms with Crippen molar-refractivity contribution in [2.75, 3.05) is 0 Å². The molecule has 0 aliphatic heterocycles. The molecular weight excluding hydrogens is 132 g/mol. The highest BCUT2D eigenvalue weighted by atomic mass is 14.0. The van der Waals surface area contributed by atoms with E-state index in [1.165, 1.54) is 11.1 Å². The SMILES string of the molecule is C=CC(C)/C(C)=C\C(C)=C\C. The first kappa shape index (κ1) is 10.2. The van der Waals surface area contributed by atoms with Crippen LogP contribution in [0.2, 0.25) is 0 Å². The number of rotatable bonds is 3. The Bertz CT molecular complexity index is 182. The summed E-state index contributed by atoms with van der Waals surface area (Å²) in [5.41, 5.74) is 2.69. The quantitative estimate of drug-likeness (QED) is 0.425. The highest BCUT2D eigenvalue weighted by molar-refractivity contribution is 5.22. The summed E-state index contributed by atoms with van der Waals surface area (Å²) in [6, 6.07) is 0. The van der Waals surface area contributed by atoms with Crippen molar-refractivity contribution in [3.05, 3.63) is 36.0 Å². The Labute approximate surface area is 70.3 Å². The number of hydrogen-bond donors (Lipinski definition) is 0. The van der Waals surface area contributed by atoms with E-state index in [4.69, 9.17) is 0 Å². The van der Waals surface area contributed by atoms with Crippen molar-refractivity contribution in [1.29, 1.82) is 0 Å². The molecule has 0 aromatic carbocycles. The summed E-state index contributed by atoms with van der Waals surface area (Å²) >= 11 is 0. The molecular formula is C11H18. The van der Waals surface area contributed by atoms with Crippen LogP contribution in [0.4, 0.5) is 0 Å². The molecule has 0 heterocycles. The van der Waals surface area contributed by atoms with E-state index < -0.39 is 0 Å². The number of allylic oxidation sites excluding steroid dienone is 5. The first-order chi connectivity index (χ1) is 5.11. The minimum Gasteiger partial charge on any atom is -0.102 e. The van der Waals surface area contributed by atoms with Crippen LogP contribution in [0.5, 0.6) is 0 Å². The molecule has 1 unspecified atom stereocenters. The summed E-state index contributed by atoms with van der Waals surface area (Å²) in [4.78, 5) is 0. The molecule has 11 heavy (non-hydrogen) atoms. The fourth-order valence-electron chi connectivity index (χ4n) is 0.760. The minimum absolute atomic E-state index is 0.491. The second kappa shape index (κ2) is 4.95. The maximum atomic E-state index is 3.75. The van der Waals surface area contributed by atoms with Crippen LogP contribution in [0.3, 0.4) is 0 Å². The van der Waals surface area contributed by atoms with Crippen LogP contribution < -0.4 is 0 Å². The first-order valence-electron chi connectivity index (χ1n) is 4.05. The molecule has 0 saturated carbocycles. The Morgan fingerprint density at radius 1 is 1.36 bits per heavy atom. The molecule has 0 saturated heterocycles. The Morgan fingerprint density at radius 3 is 2.27 bits per heavy atom. The highest BCUT2D eigenvalue weighted by Gasteiger charge is 1.96. The zero-order valence-electron chi connectivity index (χ0n) is 8.02. The van der Waals surface area contributed by atoms with E-state index in [1.54, 1.807) is 0 Å². The molecule has 62 valence electrons. The molecule has 0 N–H and O–H groups in total. The molecule has 0 aliphatic rings. The molecule has 0 nitrogen and oxygen atoms in total. The topological polar surface area (TPSA) is 0 Å². The van der Waals surface area contributed by atoms with Gasteiger partial charge in [0, 0.05) is 0 Å². The van der Waals surface area contributed by atoms with Gasteiger partial charge in [-0.05, 0) is 26.7 Å². The summed E-state index contributed by atoms with van der Waals surface area (Å²) in [5.74, 6) is 0.491. The molecule has 0 bridgehead atoms. The lowest BCUT2D eigenvalue weighted by molar-refractivity contribution is 0.863. The van der Waals surface area contributed by atoms with Crippen LogP contribution in [-0.4, -0.2) is 0 Å². The monoisotopic (exact) mass is 150 g/mol. The van der Waals surface area contributed by atoms with Gasteiger partial charge in [-0.2, -0.15) is 0 Å². The predicted molar refractivity (Wildman–Crippen MR) is 52.5 cm³/mol. The summed E-state index contributed by atoms with van der Waals surface area (Å²) in [6.07, 6.45) is 6.28. The van der Waals surface area contributed by atoms with Crippen LogP contribution in [-0.2, 0) is 0 Å². The summed E-state index contributed by atoms with van der Waals surface area (Å²) in [7, 11) is 0. The Hall–Kier alpha value is -0.780. The van der Waals surface area contributed by atoms with Crippen LogP contribution >= 0.6 is 0 Å². The van der Waals surface area contributed by atoms with Crippen molar-refractivity contribution in [1.82, 2.24) is 0 Å². The van der Waals surface area contributed by atoms with Gasteiger partial charge in [0.2, 0.25) is 0 Å². The largest absolute Gasteiger partial charge is 0.102 e. The lowest BCUT2D eigenvalue weighted by atomic mass is 10.0. The van der Waals surface area contributed by atoms with Gasteiger partial charge in [-0.1, -0.05) is 36.3 Å². The van der Waals surface area contributed by atoms with E-state index in [0.29, 0.717) is 5.92 Å². The van der Waals surface area contributed by atoms with Gasteiger partial charge < -0.3 is 0 Å². The Kier molecular flexibility index (Phi) is 4.60. The zero-order valence-corrected chi connectivity index (χ0v) is 8.02. The van der Waals surface area contributed by atoms with E-state index in [-0.39, 0.29) is 0 Å². The molecule has 1 atom stereocenters. The van der Waals surface area contributed by atoms with Crippen LogP contribution in [0.15, 0.2) is 36.0 Å². The Morgan fingerprint density at radius 2 is 1.91 bits per heavy atom. The van der Waals surface area contributed by atoms with Crippen molar-refractivity contribution in [2.45, 2.75) is 27.7 Å². The van der Waals surface area contributed by atoms with E-state index >= 15 is 0 Å². The molecule has 0 spiro atoms. The van der Waals surface area contributed by atoms with Crippen LogP contribution in [0.25, 0.3) is 0 Å². The molecule has 0 aromatic heterocycles. The third-order valence-corrected chi connectivity index (χ3v) is 1.98. The van der Waals surface area contributed by atoms with Gasteiger partial charge >= 0.3 is 0 Å². The maximum Gasteiger partial charge on any atom is -0.00539 e. The summed E-state index contributed by atoms with van der Waals surface area (Å²) < 4.78 is 0. The molecule has 0 radical (unpaired) electrons. The average molecular weight is 150 g/mol. The summed E-state index contributed by atoms with van der Waals surface area (Å²) in [6.45, 7) is 12.2. The third kappa shape index (κ3) is 3.82. The predicted octanol–water partition coefficient (Wildman–Crippen LogP) is 3.72. The van der Waals surface area contributed by atoms with Gasteiger partial charge in [0.1, 0.15) is 0 Å². The lowest BCUT2D eigenvalue weighted by Crippen LogP contribution is -1.90. The van der Waals surface area contributed by atoms with Crippen molar-refractivity contribution in [3.8, 4) is 0 Å². The summed E-state index contributed by atoms with van der Waals surface area (Å²) in [5, 5.41) is 0. The highest BCUT2D eigenvalue weighted by Crippen LogP contribution is 2.12. The molecule has 0 fully saturated rings. The van der Waals surface area contributed by atoms with E-state index in [9.17, 15) is 0 Å². The van der Waals surface area contributed by atoms with Gasteiger partial charge in [-0.25, -0.2) is 0 Å². The average Bonchev–Trinajstić information content (AvgIpc) is 2.02. The van der Waals surface area contributed by atoms with Crippen LogP contribution in [0, 0.1) is 5.92 Å². The molecule has 0 heteroatoms. The molecule has 0 rings (SSSR count). The van der Waals surface area contributed by atoms with E-state index in [2.05, 4.69) is 46.4 Å². The fourth-order valence-corrected chi connectivity index (χ4v) is 0.760. The second-order valence-electron chi connectivity index (χ2n) is 2.95. The van der Waals surface area contributed by atoms with Crippen molar-refractivity contribution in [2.24, 2.45) is 5.92 Å². The standard InChI is InChI=1S/C11H18/c1-6-9(3)8-11(5)10(4)7-2/h6-8,10H,2H2,1,3-5H3/b9-6+,11-8-. The normalized spacial score (nSPS) is 16.4. The van der Waals surface area contributed by atoms with Gasteiger partial charge in [0.05, 0.1) is 0 Å². The minimum atomic E-state index is 0.491.